The van der Waals surface area contributed by atoms with Crippen LogP contribution in [-0.4, -0.2) is 31.6 Å². The molecule has 2 aromatic rings. The van der Waals surface area contributed by atoms with Crippen LogP contribution in [0.1, 0.15) is 57.6 Å². The number of rotatable bonds is 6. The zero-order chi connectivity index (χ0) is 16.1. The molecule has 1 fully saturated rings. The van der Waals surface area contributed by atoms with Gasteiger partial charge in [0.1, 0.15) is 0 Å². The van der Waals surface area contributed by atoms with Crippen LogP contribution >= 0.6 is 0 Å². The van der Waals surface area contributed by atoms with Crippen LogP contribution in [0.4, 0.5) is 5.82 Å². The number of unbranched alkanes of at least 4 members (excludes halogenated alkanes) is 2. The van der Waals surface area contributed by atoms with E-state index < -0.39 is 0 Å². The van der Waals surface area contributed by atoms with Crippen LogP contribution in [0.25, 0.3) is 11.7 Å². The Morgan fingerprint density at radius 3 is 2.96 bits per heavy atom. The summed E-state index contributed by atoms with van der Waals surface area (Å²) in [7, 11) is 0. The maximum absolute atomic E-state index is 9.65. The Balaban J connectivity index is 1.77. The van der Waals surface area contributed by atoms with E-state index in [0.29, 0.717) is 6.04 Å². The van der Waals surface area contributed by atoms with E-state index >= 15 is 0 Å². The number of nitrogens with one attached hydrogen (secondary N) is 1. The smallest absolute Gasteiger partial charge is 0.180 e. The molecule has 0 spiro atoms. The first kappa shape index (κ1) is 16.0. The summed E-state index contributed by atoms with van der Waals surface area (Å²) in [5, 5.41) is 13.2. The summed E-state index contributed by atoms with van der Waals surface area (Å²) in [4.78, 5) is 9.15. The largest absolute Gasteiger partial charge is 0.393 e. The Labute approximate surface area is 137 Å². The van der Waals surface area contributed by atoms with E-state index in [1.54, 1.807) is 6.20 Å². The number of aliphatic hydroxyl groups is 1. The molecule has 2 heterocycles. The average molecular weight is 314 g/mol. The summed E-state index contributed by atoms with van der Waals surface area (Å²) in [5.74, 6) is 0.842. The molecule has 0 amide bonds. The number of anilines is 1. The quantitative estimate of drug-likeness (QED) is 0.799. The third kappa shape index (κ3) is 4.10. The van der Waals surface area contributed by atoms with Crippen LogP contribution in [0.2, 0.25) is 0 Å². The van der Waals surface area contributed by atoms with Crippen molar-refractivity contribution in [1.82, 2.24) is 14.4 Å². The van der Waals surface area contributed by atoms with Crippen molar-refractivity contribution in [2.75, 3.05) is 5.32 Å². The van der Waals surface area contributed by atoms with Crippen molar-refractivity contribution in [3.8, 4) is 0 Å². The highest BCUT2D eigenvalue weighted by Gasteiger charge is 2.20. The minimum atomic E-state index is -0.139. The van der Waals surface area contributed by atoms with Gasteiger partial charge in [0.15, 0.2) is 11.5 Å². The molecule has 0 bridgehead atoms. The van der Waals surface area contributed by atoms with Gasteiger partial charge >= 0.3 is 0 Å². The predicted octanol–water partition coefficient (Wildman–Crippen LogP) is 3.65. The number of hydrogen-bond acceptors (Lipinski definition) is 4. The lowest BCUT2D eigenvalue weighted by atomic mass is 9.93. The van der Waals surface area contributed by atoms with Gasteiger partial charge < -0.3 is 14.8 Å². The van der Waals surface area contributed by atoms with Gasteiger partial charge in [-0.05, 0) is 38.2 Å². The van der Waals surface area contributed by atoms with Crippen molar-refractivity contribution in [2.24, 2.45) is 0 Å². The van der Waals surface area contributed by atoms with E-state index in [0.717, 1.165) is 49.3 Å². The molecule has 0 saturated heterocycles. The van der Waals surface area contributed by atoms with Crippen molar-refractivity contribution in [3.63, 3.8) is 0 Å². The van der Waals surface area contributed by atoms with E-state index in [4.69, 9.17) is 4.98 Å². The summed E-state index contributed by atoms with van der Waals surface area (Å²) in [6.45, 7) is 2.20. The Bertz CT molecular complexity index is 656. The van der Waals surface area contributed by atoms with Gasteiger partial charge in [-0.15, -0.1) is 0 Å². The average Bonchev–Trinajstić information content (AvgIpc) is 3.02. The molecule has 1 saturated carbocycles. The first-order valence-electron chi connectivity index (χ1n) is 8.71. The standard InChI is InChI=1S/C18H26N4O/c1-2-3-4-5-6-15-13-22-12-11-19-18(22)17(21-15)20-14-7-9-16(23)10-8-14/h5-6,11-14,16,23H,2-4,7-10H2,1H3,(H,20,21)/b6-5+. The van der Waals surface area contributed by atoms with Crippen molar-refractivity contribution in [1.29, 1.82) is 0 Å². The molecule has 3 rings (SSSR count). The van der Waals surface area contributed by atoms with Gasteiger partial charge in [0.2, 0.25) is 0 Å². The molecular formula is C18H26N4O. The monoisotopic (exact) mass is 314 g/mol. The van der Waals surface area contributed by atoms with Gasteiger partial charge in [0.05, 0.1) is 11.8 Å². The van der Waals surface area contributed by atoms with Crippen LogP contribution in [-0.2, 0) is 0 Å². The van der Waals surface area contributed by atoms with Gasteiger partial charge in [0.25, 0.3) is 0 Å². The van der Waals surface area contributed by atoms with Gasteiger partial charge in [-0.25, -0.2) is 9.97 Å². The SMILES string of the molecule is CCCC/C=C/c1cn2ccnc2c(NC2CCC(O)CC2)n1. The second-order valence-electron chi connectivity index (χ2n) is 6.37. The molecule has 1 aliphatic rings. The molecule has 1 aliphatic carbocycles. The molecule has 124 valence electrons. The fourth-order valence-corrected chi connectivity index (χ4v) is 3.07. The lowest BCUT2D eigenvalue weighted by molar-refractivity contribution is 0.126. The van der Waals surface area contributed by atoms with Crippen molar-refractivity contribution in [2.45, 2.75) is 64.0 Å². The molecule has 2 N–H and O–H groups in total. The third-order valence-corrected chi connectivity index (χ3v) is 4.44. The van der Waals surface area contributed by atoms with Crippen LogP contribution in [0.3, 0.4) is 0 Å². The second kappa shape index (κ2) is 7.59. The molecule has 23 heavy (non-hydrogen) atoms. The molecule has 0 radical (unpaired) electrons. The number of aromatic nitrogens is 3. The topological polar surface area (TPSA) is 62.5 Å². The maximum Gasteiger partial charge on any atom is 0.180 e. The third-order valence-electron chi connectivity index (χ3n) is 4.44. The van der Waals surface area contributed by atoms with E-state index in [9.17, 15) is 5.11 Å². The summed E-state index contributed by atoms with van der Waals surface area (Å²) < 4.78 is 2.02. The zero-order valence-corrected chi connectivity index (χ0v) is 13.8. The zero-order valence-electron chi connectivity index (χ0n) is 13.8. The first-order chi connectivity index (χ1) is 11.3. The minimum Gasteiger partial charge on any atom is -0.393 e. The molecule has 0 aromatic carbocycles. The lowest BCUT2D eigenvalue weighted by Crippen LogP contribution is -2.28. The van der Waals surface area contributed by atoms with Crippen LogP contribution in [0.5, 0.6) is 0 Å². The van der Waals surface area contributed by atoms with Crippen molar-refractivity contribution < 1.29 is 5.11 Å². The lowest BCUT2D eigenvalue weighted by Gasteiger charge is -2.26. The second-order valence-corrected chi connectivity index (χ2v) is 6.37. The van der Waals surface area contributed by atoms with Gasteiger partial charge in [-0.1, -0.05) is 25.8 Å². The van der Waals surface area contributed by atoms with Gasteiger partial charge in [-0.3, -0.25) is 0 Å². The summed E-state index contributed by atoms with van der Waals surface area (Å²) in [5.41, 5.74) is 1.81. The number of imidazole rings is 1. The fraction of sp³-hybridized carbons (Fsp3) is 0.556. The Morgan fingerprint density at radius 1 is 1.35 bits per heavy atom. The summed E-state index contributed by atoms with van der Waals surface area (Å²) in [6, 6.07) is 0.366. The minimum absolute atomic E-state index is 0.139. The van der Waals surface area contributed by atoms with Gasteiger partial charge in [-0.2, -0.15) is 0 Å². The molecule has 5 heteroatoms. The maximum atomic E-state index is 9.65. The van der Waals surface area contributed by atoms with Crippen LogP contribution in [0.15, 0.2) is 24.7 Å². The fourth-order valence-electron chi connectivity index (χ4n) is 3.07. The molecular weight excluding hydrogens is 288 g/mol. The normalized spacial score (nSPS) is 22.0. The van der Waals surface area contributed by atoms with Crippen molar-refractivity contribution >= 4 is 17.5 Å². The van der Waals surface area contributed by atoms with E-state index in [1.807, 2.05) is 16.8 Å². The Hall–Kier alpha value is -1.88. The molecule has 0 unspecified atom stereocenters. The number of hydrogen-bond donors (Lipinski definition) is 2. The first-order valence-corrected chi connectivity index (χ1v) is 8.71. The number of aliphatic hydroxyl groups excluding tert-OH is 1. The van der Waals surface area contributed by atoms with Crippen molar-refractivity contribution in [3.05, 3.63) is 30.4 Å². The highest BCUT2D eigenvalue weighted by molar-refractivity contribution is 5.65. The van der Waals surface area contributed by atoms with E-state index in [-0.39, 0.29) is 6.10 Å². The molecule has 0 atom stereocenters. The Kier molecular flexibility index (Phi) is 5.28. The predicted molar refractivity (Wildman–Crippen MR) is 93.4 cm³/mol. The Morgan fingerprint density at radius 2 is 2.17 bits per heavy atom. The van der Waals surface area contributed by atoms with E-state index in [2.05, 4.69) is 29.4 Å². The van der Waals surface area contributed by atoms with E-state index in [1.165, 1.54) is 12.8 Å². The number of allylic oxidation sites excluding steroid dienone is 1. The highest BCUT2D eigenvalue weighted by Crippen LogP contribution is 2.23. The van der Waals surface area contributed by atoms with Gasteiger partial charge in [0, 0.05) is 24.6 Å². The molecule has 0 aliphatic heterocycles. The van der Waals surface area contributed by atoms with Crippen LogP contribution < -0.4 is 5.32 Å². The number of nitrogens with zero attached hydrogens (tertiary/aromatic N) is 3. The summed E-state index contributed by atoms with van der Waals surface area (Å²) >= 11 is 0. The summed E-state index contributed by atoms with van der Waals surface area (Å²) in [6.07, 6.45) is 17.1. The molecule has 2 aromatic heterocycles. The van der Waals surface area contributed by atoms with Crippen LogP contribution in [0, 0.1) is 0 Å². The molecule has 5 nitrogen and oxygen atoms in total. The highest BCUT2D eigenvalue weighted by atomic mass is 16.3. The number of fused-ring (bicyclic) bond motifs is 1.